The smallest absolute Gasteiger partial charge is 0.350 e. The van der Waals surface area contributed by atoms with Crippen LogP contribution in [0.5, 0.6) is 0 Å². The van der Waals surface area contributed by atoms with Crippen LogP contribution in [0.1, 0.15) is 16.6 Å². The van der Waals surface area contributed by atoms with Crippen molar-refractivity contribution in [1.29, 1.82) is 0 Å². The molecule has 8 heteroatoms. The molecule has 0 spiro atoms. The number of rotatable bonds is 3. The fourth-order valence-electron chi connectivity index (χ4n) is 1.47. The molecule has 2 rings (SSSR count). The number of nitrogens with two attached hydrogens (primary N) is 2. The number of esters is 1. The SMILES string of the molecule is CCOC(=O)c1sc2nc(SC)nc(N)c2c1N. The quantitative estimate of drug-likeness (QED) is 0.502. The molecule has 0 aromatic carbocycles. The van der Waals surface area contributed by atoms with Crippen molar-refractivity contribution in [2.45, 2.75) is 12.1 Å². The summed E-state index contributed by atoms with van der Waals surface area (Å²) in [5.41, 5.74) is 12.0. The first-order valence-corrected chi connectivity index (χ1v) is 7.19. The first-order valence-electron chi connectivity index (χ1n) is 5.15. The van der Waals surface area contributed by atoms with E-state index in [-0.39, 0.29) is 5.82 Å². The summed E-state index contributed by atoms with van der Waals surface area (Å²) in [6.45, 7) is 2.03. The average Bonchev–Trinajstić information content (AvgIpc) is 2.67. The largest absolute Gasteiger partial charge is 0.462 e. The highest BCUT2D eigenvalue weighted by Crippen LogP contribution is 2.36. The van der Waals surface area contributed by atoms with Gasteiger partial charge in [-0.15, -0.1) is 11.3 Å². The molecule has 96 valence electrons. The molecular formula is C10H12N4O2S2. The Bertz CT molecular complexity index is 611. The Labute approximate surface area is 112 Å². The first kappa shape index (κ1) is 12.9. The number of thiophene rings is 1. The van der Waals surface area contributed by atoms with E-state index >= 15 is 0 Å². The lowest BCUT2D eigenvalue weighted by Gasteiger charge is -2.00. The van der Waals surface area contributed by atoms with Gasteiger partial charge in [0.2, 0.25) is 0 Å². The maximum Gasteiger partial charge on any atom is 0.350 e. The molecule has 0 aliphatic heterocycles. The van der Waals surface area contributed by atoms with Crippen LogP contribution in [0, 0.1) is 0 Å². The normalized spacial score (nSPS) is 10.8. The van der Waals surface area contributed by atoms with E-state index in [0.29, 0.717) is 32.5 Å². The van der Waals surface area contributed by atoms with Gasteiger partial charge >= 0.3 is 5.97 Å². The van der Waals surface area contributed by atoms with Gasteiger partial charge in [-0.25, -0.2) is 14.8 Å². The highest BCUT2D eigenvalue weighted by molar-refractivity contribution is 7.98. The molecule has 0 saturated heterocycles. The van der Waals surface area contributed by atoms with E-state index in [1.165, 1.54) is 23.1 Å². The third-order valence-corrected chi connectivity index (χ3v) is 3.87. The zero-order chi connectivity index (χ0) is 13.3. The van der Waals surface area contributed by atoms with Crippen molar-refractivity contribution in [3.05, 3.63) is 4.88 Å². The van der Waals surface area contributed by atoms with Crippen LogP contribution in [-0.2, 0) is 4.74 Å². The van der Waals surface area contributed by atoms with E-state index in [1.54, 1.807) is 6.92 Å². The van der Waals surface area contributed by atoms with Crippen molar-refractivity contribution >= 4 is 50.8 Å². The van der Waals surface area contributed by atoms with Crippen LogP contribution in [0.25, 0.3) is 10.2 Å². The van der Waals surface area contributed by atoms with E-state index in [1.807, 2.05) is 6.26 Å². The molecule has 0 aliphatic rings. The van der Waals surface area contributed by atoms with Gasteiger partial charge in [0.1, 0.15) is 15.5 Å². The summed E-state index contributed by atoms with van der Waals surface area (Å²) >= 11 is 2.55. The summed E-state index contributed by atoms with van der Waals surface area (Å²) in [6.07, 6.45) is 1.85. The molecule has 0 saturated carbocycles. The Kier molecular flexibility index (Phi) is 3.58. The summed E-state index contributed by atoms with van der Waals surface area (Å²) < 4.78 is 4.93. The Morgan fingerprint density at radius 1 is 1.44 bits per heavy atom. The van der Waals surface area contributed by atoms with Crippen LogP contribution < -0.4 is 11.5 Å². The fraction of sp³-hybridized carbons (Fsp3) is 0.300. The Balaban J connectivity index is 2.62. The number of thioether (sulfide) groups is 1. The molecule has 0 radical (unpaired) electrons. The Morgan fingerprint density at radius 3 is 2.78 bits per heavy atom. The summed E-state index contributed by atoms with van der Waals surface area (Å²) in [5.74, 6) is -0.170. The van der Waals surface area contributed by atoms with E-state index in [0.717, 1.165) is 0 Å². The fourth-order valence-corrected chi connectivity index (χ4v) is 2.89. The van der Waals surface area contributed by atoms with Gasteiger partial charge < -0.3 is 16.2 Å². The van der Waals surface area contributed by atoms with Crippen LogP contribution in [0.4, 0.5) is 11.5 Å². The molecule has 2 aromatic heterocycles. The van der Waals surface area contributed by atoms with Gasteiger partial charge in [0.05, 0.1) is 17.7 Å². The van der Waals surface area contributed by atoms with Crippen molar-refractivity contribution in [2.75, 3.05) is 24.3 Å². The number of nitrogen functional groups attached to an aromatic ring is 2. The van der Waals surface area contributed by atoms with Crippen LogP contribution in [0.2, 0.25) is 0 Å². The molecule has 2 heterocycles. The number of carbonyl (C=O) groups is 1. The number of hydrogen-bond acceptors (Lipinski definition) is 8. The zero-order valence-electron chi connectivity index (χ0n) is 9.89. The molecule has 0 unspecified atom stereocenters. The number of fused-ring (bicyclic) bond motifs is 1. The molecule has 0 aliphatic carbocycles. The molecule has 4 N–H and O–H groups in total. The highest BCUT2D eigenvalue weighted by atomic mass is 32.2. The minimum Gasteiger partial charge on any atom is -0.462 e. The van der Waals surface area contributed by atoms with E-state index in [9.17, 15) is 4.79 Å². The van der Waals surface area contributed by atoms with Gasteiger partial charge in [0, 0.05) is 0 Å². The van der Waals surface area contributed by atoms with Crippen molar-refractivity contribution in [3.8, 4) is 0 Å². The number of carbonyl (C=O) groups excluding carboxylic acids is 1. The molecular weight excluding hydrogens is 272 g/mol. The van der Waals surface area contributed by atoms with Crippen LogP contribution in [0.15, 0.2) is 5.16 Å². The summed E-state index contributed by atoms with van der Waals surface area (Å²) in [6, 6.07) is 0. The molecule has 6 nitrogen and oxygen atoms in total. The number of hydrogen-bond donors (Lipinski definition) is 2. The lowest BCUT2D eigenvalue weighted by atomic mass is 10.3. The second kappa shape index (κ2) is 4.99. The predicted molar refractivity (Wildman–Crippen MR) is 74.0 cm³/mol. The van der Waals surface area contributed by atoms with E-state index < -0.39 is 5.97 Å². The number of aromatic nitrogens is 2. The van der Waals surface area contributed by atoms with E-state index in [2.05, 4.69) is 9.97 Å². The Morgan fingerprint density at radius 2 is 2.17 bits per heavy atom. The van der Waals surface area contributed by atoms with Crippen LogP contribution in [0.3, 0.4) is 0 Å². The van der Waals surface area contributed by atoms with Gasteiger partial charge in [-0.05, 0) is 13.2 Å². The van der Waals surface area contributed by atoms with Crippen molar-refractivity contribution in [1.82, 2.24) is 9.97 Å². The van der Waals surface area contributed by atoms with Gasteiger partial charge in [-0.3, -0.25) is 0 Å². The van der Waals surface area contributed by atoms with Crippen molar-refractivity contribution in [3.63, 3.8) is 0 Å². The highest BCUT2D eigenvalue weighted by Gasteiger charge is 2.21. The van der Waals surface area contributed by atoms with Crippen molar-refractivity contribution < 1.29 is 9.53 Å². The molecule has 18 heavy (non-hydrogen) atoms. The number of anilines is 2. The van der Waals surface area contributed by atoms with Crippen molar-refractivity contribution in [2.24, 2.45) is 0 Å². The lowest BCUT2D eigenvalue weighted by Crippen LogP contribution is -2.05. The lowest BCUT2D eigenvalue weighted by molar-refractivity contribution is 0.0533. The number of nitrogens with zero attached hydrogens (tertiary/aromatic N) is 2. The molecule has 2 aromatic rings. The molecule has 0 bridgehead atoms. The average molecular weight is 284 g/mol. The summed E-state index contributed by atoms with van der Waals surface area (Å²) in [5, 5.41) is 1.08. The van der Waals surface area contributed by atoms with Gasteiger partial charge in [-0.2, -0.15) is 0 Å². The van der Waals surface area contributed by atoms with Gasteiger partial charge in [-0.1, -0.05) is 11.8 Å². The maximum atomic E-state index is 11.7. The minimum absolute atomic E-state index is 0.286. The predicted octanol–water partition coefficient (Wildman–Crippen LogP) is 1.75. The van der Waals surface area contributed by atoms with Crippen LogP contribution in [-0.4, -0.2) is 28.8 Å². The third-order valence-electron chi connectivity index (χ3n) is 2.24. The standard InChI is InChI=1S/C10H12N4O2S2/c1-3-16-9(15)6-5(11)4-7(12)13-10(17-2)14-8(4)18-6/h3,11H2,1-2H3,(H2,12,13,14). The van der Waals surface area contributed by atoms with E-state index in [4.69, 9.17) is 16.2 Å². The van der Waals surface area contributed by atoms with Crippen LogP contribution >= 0.6 is 23.1 Å². The second-order valence-electron chi connectivity index (χ2n) is 3.34. The maximum absolute atomic E-state index is 11.7. The van der Waals surface area contributed by atoms with Gasteiger partial charge in [0.25, 0.3) is 0 Å². The van der Waals surface area contributed by atoms with Gasteiger partial charge in [0.15, 0.2) is 5.16 Å². The summed E-state index contributed by atoms with van der Waals surface area (Å²) in [7, 11) is 0. The molecule has 0 amide bonds. The first-order chi connectivity index (χ1) is 8.58. The number of ether oxygens (including phenoxy) is 1. The topological polar surface area (TPSA) is 104 Å². The Hall–Kier alpha value is -1.54. The molecule has 0 fully saturated rings. The summed E-state index contributed by atoms with van der Waals surface area (Å²) in [4.78, 5) is 21.0. The molecule has 0 atom stereocenters. The second-order valence-corrected chi connectivity index (χ2v) is 5.11. The third kappa shape index (κ3) is 2.08. The monoisotopic (exact) mass is 284 g/mol. The minimum atomic E-state index is -0.455. The zero-order valence-corrected chi connectivity index (χ0v) is 11.5.